The van der Waals surface area contributed by atoms with Crippen molar-refractivity contribution in [3.8, 4) is 22.5 Å². The topological polar surface area (TPSA) is 107 Å². The molecule has 0 aliphatic carbocycles. The molecule has 36 heavy (non-hydrogen) atoms. The second-order valence-corrected chi connectivity index (χ2v) is 9.63. The van der Waals surface area contributed by atoms with Crippen molar-refractivity contribution in [3.63, 3.8) is 0 Å². The van der Waals surface area contributed by atoms with Crippen molar-refractivity contribution < 1.29 is 18.7 Å². The Balaban J connectivity index is 1.61. The van der Waals surface area contributed by atoms with Gasteiger partial charge < -0.3 is 15.0 Å². The first-order valence-corrected chi connectivity index (χ1v) is 11.6. The summed E-state index contributed by atoms with van der Waals surface area (Å²) >= 11 is 0. The van der Waals surface area contributed by atoms with Crippen molar-refractivity contribution >= 4 is 23.5 Å². The Labute approximate surface area is 206 Å². The highest BCUT2D eigenvalue weighted by Gasteiger charge is 2.31. The molecule has 11 heteroatoms. The Hall–Kier alpha value is -4.28. The van der Waals surface area contributed by atoms with Crippen LogP contribution in [0, 0.1) is 5.82 Å². The van der Waals surface area contributed by atoms with Crippen molar-refractivity contribution in [1.29, 1.82) is 0 Å². The van der Waals surface area contributed by atoms with Crippen LogP contribution in [0.2, 0.25) is 0 Å². The minimum absolute atomic E-state index is 0.231. The third-order valence-electron chi connectivity index (χ3n) is 5.63. The summed E-state index contributed by atoms with van der Waals surface area (Å²) in [4.78, 5) is 30.3. The SMILES string of the molecule is CC(=O)Nc1cn2nc(-c3c(-c4ccc(F)cc4)nn4c3CN(C(=O)OC(C)(C)C)CC4)ccc2n1. The molecule has 1 aromatic carbocycles. The third kappa shape index (κ3) is 4.64. The summed E-state index contributed by atoms with van der Waals surface area (Å²) in [6, 6.07) is 9.72. The summed E-state index contributed by atoms with van der Waals surface area (Å²) < 4.78 is 22.7. The van der Waals surface area contributed by atoms with Gasteiger partial charge in [-0.2, -0.15) is 10.2 Å². The molecule has 3 aromatic heterocycles. The quantitative estimate of drug-likeness (QED) is 0.462. The monoisotopic (exact) mass is 491 g/mol. The number of nitrogens with zero attached hydrogens (tertiary/aromatic N) is 6. The van der Waals surface area contributed by atoms with Crippen LogP contribution in [0.1, 0.15) is 33.4 Å². The number of hydrogen-bond donors (Lipinski definition) is 1. The van der Waals surface area contributed by atoms with Gasteiger partial charge in [-0.05, 0) is 57.2 Å². The summed E-state index contributed by atoms with van der Waals surface area (Å²) in [5.41, 5.74) is 3.42. The molecule has 0 saturated carbocycles. The Kier molecular flexibility index (Phi) is 5.70. The Morgan fingerprint density at radius 2 is 1.81 bits per heavy atom. The lowest BCUT2D eigenvalue weighted by Gasteiger charge is -2.30. The van der Waals surface area contributed by atoms with E-state index < -0.39 is 11.7 Å². The molecule has 4 heterocycles. The molecule has 4 aromatic rings. The zero-order chi connectivity index (χ0) is 25.6. The van der Waals surface area contributed by atoms with Gasteiger partial charge in [-0.25, -0.2) is 18.7 Å². The minimum atomic E-state index is -0.615. The molecular formula is C25H26FN7O3. The minimum Gasteiger partial charge on any atom is -0.444 e. The van der Waals surface area contributed by atoms with E-state index in [0.29, 0.717) is 35.9 Å². The maximum Gasteiger partial charge on any atom is 0.410 e. The zero-order valence-electron chi connectivity index (χ0n) is 20.4. The van der Waals surface area contributed by atoms with Crippen LogP contribution in [-0.2, 0) is 22.6 Å². The fraction of sp³-hybridized carbons (Fsp3) is 0.320. The maximum absolute atomic E-state index is 13.7. The van der Waals surface area contributed by atoms with Crippen LogP contribution >= 0.6 is 0 Å². The van der Waals surface area contributed by atoms with Crippen LogP contribution in [0.5, 0.6) is 0 Å². The molecule has 0 fully saturated rings. The molecule has 1 N–H and O–H groups in total. The zero-order valence-corrected chi connectivity index (χ0v) is 20.4. The number of imidazole rings is 1. The number of aromatic nitrogens is 5. The average Bonchev–Trinajstić information content (AvgIpc) is 3.37. The lowest BCUT2D eigenvalue weighted by atomic mass is 10.0. The van der Waals surface area contributed by atoms with Gasteiger partial charge in [0.15, 0.2) is 11.5 Å². The molecule has 1 aliphatic rings. The molecule has 2 amide bonds. The van der Waals surface area contributed by atoms with Gasteiger partial charge in [0.25, 0.3) is 0 Å². The molecule has 0 saturated heterocycles. The standard InChI is InChI=1S/C25H26FN7O3/c1-15(34)27-20-14-33-21(28-20)10-9-18(29-33)22-19-13-31(24(35)36-25(2,3)4)11-12-32(19)30-23(22)16-5-7-17(26)8-6-16/h5-10,14H,11-13H2,1-4H3,(H,27,34). The molecule has 0 spiro atoms. The highest BCUT2D eigenvalue weighted by Crippen LogP contribution is 2.36. The smallest absolute Gasteiger partial charge is 0.410 e. The summed E-state index contributed by atoms with van der Waals surface area (Å²) in [5, 5.41) is 12.2. The molecule has 0 bridgehead atoms. The van der Waals surface area contributed by atoms with Gasteiger partial charge in [-0.1, -0.05) is 0 Å². The van der Waals surface area contributed by atoms with Crippen LogP contribution in [0.4, 0.5) is 15.0 Å². The van der Waals surface area contributed by atoms with Gasteiger partial charge in [0, 0.05) is 19.0 Å². The molecule has 0 atom stereocenters. The first kappa shape index (κ1) is 23.5. The predicted molar refractivity (Wildman–Crippen MR) is 131 cm³/mol. The van der Waals surface area contributed by atoms with Gasteiger partial charge in [-0.3, -0.25) is 9.48 Å². The van der Waals surface area contributed by atoms with Gasteiger partial charge >= 0.3 is 6.09 Å². The van der Waals surface area contributed by atoms with Gasteiger partial charge in [0.2, 0.25) is 5.91 Å². The fourth-order valence-electron chi connectivity index (χ4n) is 4.13. The summed E-state index contributed by atoms with van der Waals surface area (Å²) in [5.74, 6) is -0.187. The number of halogens is 1. The van der Waals surface area contributed by atoms with Crippen molar-refractivity contribution in [1.82, 2.24) is 29.3 Å². The van der Waals surface area contributed by atoms with E-state index >= 15 is 0 Å². The highest BCUT2D eigenvalue weighted by molar-refractivity contribution is 5.88. The number of anilines is 1. The molecule has 10 nitrogen and oxygen atoms in total. The van der Waals surface area contributed by atoms with Crippen LogP contribution in [-0.4, -0.2) is 53.4 Å². The number of hydrogen-bond acceptors (Lipinski definition) is 6. The van der Waals surface area contributed by atoms with E-state index in [1.807, 2.05) is 31.5 Å². The van der Waals surface area contributed by atoms with E-state index in [1.54, 1.807) is 33.8 Å². The van der Waals surface area contributed by atoms with E-state index in [0.717, 1.165) is 16.8 Å². The summed E-state index contributed by atoms with van der Waals surface area (Å²) in [7, 11) is 0. The largest absolute Gasteiger partial charge is 0.444 e. The third-order valence-corrected chi connectivity index (χ3v) is 5.63. The molecule has 0 radical (unpaired) electrons. The number of ether oxygens (including phenoxy) is 1. The number of carbonyl (C=O) groups excluding carboxylic acids is 2. The number of fused-ring (bicyclic) bond motifs is 2. The van der Waals surface area contributed by atoms with Gasteiger partial charge in [0.05, 0.1) is 36.2 Å². The second kappa shape index (κ2) is 8.74. The van der Waals surface area contributed by atoms with Crippen LogP contribution < -0.4 is 5.32 Å². The van der Waals surface area contributed by atoms with Crippen molar-refractivity contribution in [2.45, 2.75) is 46.4 Å². The van der Waals surface area contributed by atoms with E-state index in [2.05, 4.69) is 10.3 Å². The van der Waals surface area contributed by atoms with Crippen molar-refractivity contribution in [2.24, 2.45) is 0 Å². The number of amides is 2. The molecule has 0 unspecified atom stereocenters. The van der Waals surface area contributed by atoms with Crippen LogP contribution in [0.15, 0.2) is 42.6 Å². The highest BCUT2D eigenvalue weighted by atomic mass is 19.1. The number of benzene rings is 1. The van der Waals surface area contributed by atoms with E-state index in [1.165, 1.54) is 19.1 Å². The van der Waals surface area contributed by atoms with E-state index in [9.17, 15) is 14.0 Å². The van der Waals surface area contributed by atoms with Gasteiger partial charge in [0.1, 0.15) is 17.1 Å². The Morgan fingerprint density at radius 1 is 1.06 bits per heavy atom. The lowest BCUT2D eigenvalue weighted by molar-refractivity contribution is -0.114. The number of nitrogens with one attached hydrogen (secondary N) is 1. The Bertz CT molecular complexity index is 1470. The van der Waals surface area contributed by atoms with Crippen LogP contribution in [0.25, 0.3) is 28.2 Å². The summed E-state index contributed by atoms with van der Waals surface area (Å²) in [6.07, 6.45) is 1.23. The van der Waals surface area contributed by atoms with E-state index in [-0.39, 0.29) is 18.3 Å². The lowest BCUT2D eigenvalue weighted by Crippen LogP contribution is -2.41. The van der Waals surface area contributed by atoms with Crippen molar-refractivity contribution in [3.05, 3.63) is 54.1 Å². The Morgan fingerprint density at radius 3 is 2.50 bits per heavy atom. The molecular weight excluding hydrogens is 465 g/mol. The normalized spacial score (nSPS) is 13.5. The number of rotatable bonds is 3. The van der Waals surface area contributed by atoms with Gasteiger partial charge in [-0.15, -0.1) is 0 Å². The first-order valence-electron chi connectivity index (χ1n) is 11.6. The van der Waals surface area contributed by atoms with E-state index in [4.69, 9.17) is 14.9 Å². The maximum atomic E-state index is 13.7. The number of carbonyl (C=O) groups is 2. The second-order valence-electron chi connectivity index (χ2n) is 9.63. The average molecular weight is 492 g/mol. The van der Waals surface area contributed by atoms with Crippen LogP contribution in [0.3, 0.4) is 0 Å². The first-order chi connectivity index (χ1) is 17.1. The fourth-order valence-corrected chi connectivity index (χ4v) is 4.13. The van der Waals surface area contributed by atoms with Crippen molar-refractivity contribution in [2.75, 3.05) is 11.9 Å². The molecule has 5 rings (SSSR count). The summed E-state index contributed by atoms with van der Waals surface area (Å²) in [6.45, 7) is 8.10. The molecule has 186 valence electrons. The predicted octanol–water partition coefficient (Wildman–Crippen LogP) is 4.11. The molecule has 1 aliphatic heterocycles.